The number of piperazine rings is 1. The molecule has 2 amide bonds. The van der Waals surface area contributed by atoms with Gasteiger partial charge in [-0.25, -0.2) is 4.79 Å². The minimum atomic E-state index is 0.0198. The van der Waals surface area contributed by atoms with Gasteiger partial charge in [0.05, 0.1) is 13.7 Å². The Morgan fingerprint density at radius 1 is 1.21 bits per heavy atom. The molecule has 1 fully saturated rings. The number of nitrogens with one attached hydrogen (secondary N) is 1. The summed E-state index contributed by atoms with van der Waals surface area (Å²) in [5.74, 6) is 0.860. The van der Waals surface area contributed by atoms with E-state index in [-0.39, 0.29) is 6.03 Å². The Hall–Kier alpha value is -2.21. The lowest BCUT2D eigenvalue weighted by Gasteiger charge is -2.36. The molecule has 24 heavy (non-hydrogen) atoms. The zero-order valence-electron chi connectivity index (χ0n) is 14.1. The quantitative estimate of drug-likeness (QED) is 0.926. The third-order valence-electron chi connectivity index (χ3n) is 4.20. The number of aryl methyl sites for hydroxylation is 1. The Morgan fingerprint density at radius 2 is 2.00 bits per heavy atom. The number of hydrogen-bond acceptors (Lipinski definition) is 4. The molecule has 1 aromatic carbocycles. The molecule has 0 saturated carbocycles. The molecule has 5 nitrogen and oxygen atoms in total. The molecule has 128 valence electrons. The number of thiophene rings is 1. The second-order valence-electron chi connectivity index (χ2n) is 5.85. The zero-order chi connectivity index (χ0) is 16.9. The fraction of sp³-hybridized carbons (Fsp3) is 0.389. The summed E-state index contributed by atoms with van der Waals surface area (Å²) in [5, 5.41) is 3.01. The standard InChI is InChI=1S/C18H23N3O2S/c1-14-6-7-17(24-14)13-19-18(22)21-10-8-20(9-11-21)15-4-3-5-16(12-15)23-2/h3-7,12H,8-11,13H2,1-2H3,(H,19,22). The molecule has 1 aliphatic rings. The van der Waals surface area contributed by atoms with Gasteiger partial charge in [0.15, 0.2) is 0 Å². The Bertz CT molecular complexity index is 693. The van der Waals surface area contributed by atoms with E-state index in [9.17, 15) is 4.79 Å². The number of benzene rings is 1. The highest BCUT2D eigenvalue weighted by molar-refractivity contribution is 7.11. The van der Waals surface area contributed by atoms with Crippen LogP contribution in [0.5, 0.6) is 5.75 Å². The lowest BCUT2D eigenvalue weighted by molar-refractivity contribution is 0.194. The summed E-state index contributed by atoms with van der Waals surface area (Å²) in [6, 6.07) is 12.2. The van der Waals surface area contributed by atoms with Crippen LogP contribution in [0, 0.1) is 6.92 Å². The number of urea groups is 1. The minimum Gasteiger partial charge on any atom is -0.497 e. The summed E-state index contributed by atoms with van der Waals surface area (Å²) < 4.78 is 5.28. The van der Waals surface area contributed by atoms with Gasteiger partial charge >= 0.3 is 6.03 Å². The molecular formula is C18H23N3O2S. The van der Waals surface area contributed by atoms with Gasteiger partial charge in [0.1, 0.15) is 5.75 Å². The lowest BCUT2D eigenvalue weighted by Crippen LogP contribution is -2.51. The van der Waals surface area contributed by atoms with Crippen molar-refractivity contribution in [3.8, 4) is 5.75 Å². The molecule has 3 rings (SSSR count). The van der Waals surface area contributed by atoms with Gasteiger partial charge < -0.3 is 19.9 Å². The van der Waals surface area contributed by atoms with Crippen molar-refractivity contribution in [1.82, 2.24) is 10.2 Å². The molecule has 0 spiro atoms. The number of ether oxygens (including phenoxy) is 1. The highest BCUT2D eigenvalue weighted by Crippen LogP contribution is 2.22. The van der Waals surface area contributed by atoms with Crippen molar-refractivity contribution in [2.75, 3.05) is 38.2 Å². The SMILES string of the molecule is COc1cccc(N2CCN(C(=O)NCc3ccc(C)s3)CC2)c1. The van der Waals surface area contributed by atoms with Gasteiger partial charge in [-0.15, -0.1) is 11.3 Å². The number of carbonyl (C=O) groups is 1. The first-order chi connectivity index (χ1) is 11.7. The third-order valence-corrected chi connectivity index (χ3v) is 5.20. The minimum absolute atomic E-state index is 0.0198. The normalized spacial score (nSPS) is 14.6. The second kappa shape index (κ2) is 7.57. The molecule has 0 radical (unpaired) electrons. The molecule has 1 saturated heterocycles. The fourth-order valence-corrected chi connectivity index (χ4v) is 3.66. The van der Waals surface area contributed by atoms with Crippen molar-refractivity contribution < 1.29 is 9.53 Å². The number of amides is 2. The Labute approximate surface area is 146 Å². The maximum atomic E-state index is 12.3. The van der Waals surface area contributed by atoms with Crippen molar-refractivity contribution in [3.05, 3.63) is 46.2 Å². The van der Waals surface area contributed by atoms with E-state index < -0.39 is 0 Å². The van der Waals surface area contributed by atoms with Crippen LogP contribution in [0.15, 0.2) is 36.4 Å². The van der Waals surface area contributed by atoms with E-state index in [1.807, 2.05) is 23.1 Å². The second-order valence-corrected chi connectivity index (χ2v) is 7.22. The summed E-state index contributed by atoms with van der Waals surface area (Å²) >= 11 is 1.72. The van der Waals surface area contributed by atoms with Gasteiger partial charge in [-0.1, -0.05) is 6.07 Å². The summed E-state index contributed by atoms with van der Waals surface area (Å²) in [6.45, 7) is 5.80. The Kier molecular flexibility index (Phi) is 5.25. The smallest absolute Gasteiger partial charge is 0.317 e. The van der Waals surface area contributed by atoms with Crippen molar-refractivity contribution in [2.24, 2.45) is 0 Å². The summed E-state index contributed by atoms with van der Waals surface area (Å²) in [4.78, 5) is 18.9. The Morgan fingerprint density at radius 3 is 2.67 bits per heavy atom. The molecule has 1 aromatic heterocycles. The number of nitrogens with zero attached hydrogens (tertiary/aromatic N) is 2. The predicted molar refractivity (Wildman–Crippen MR) is 98.1 cm³/mol. The molecule has 0 bridgehead atoms. The fourth-order valence-electron chi connectivity index (χ4n) is 2.83. The van der Waals surface area contributed by atoms with Crippen molar-refractivity contribution >= 4 is 23.1 Å². The van der Waals surface area contributed by atoms with Gasteiger partial charge in [-0.3, -0.25) is 0 Å². The maximum absolute atomic E-state index is 12.3. The first kappa shape index (κ1) is 16.6. The molecule has 0 unspecified atom stereocenters. The predicted octanol–water partition coefficient (Wildman–Crippen LogP) is 3.10. The topological polar surface area (TPSA) is 44.8 Å². The van der Waals surface area contributed by atoms with Crippen LogP contribution in [0.4, 0.5) is 10.5 Å². The van der Waals surface area contributed by atoms with Crippen LogP contribution in [-0.4, -0.2) is 44.2 Å². The van der Waals surface area contributed by atoms with E-state index in [0.717, 1.165) is 37.6 Å². The van der Waals surface area contributed by atoms with Crippen LogP contribution in [0.3, 0.4) is 0 Å². The number of carbonyl (C=O) groups excluding carboxylic acids is 1. The zero-order valence-corrected chi connectivity index (χ0v) is 14.9. The summed E-state index contributed by atoms with van der Waals surface area (Å²) in [7, 11) is 1.68. The van der Waals surface area contributed by atoms with E-state index in [4.69, 9.17) is 4.74 Å². The van der Waals surface area contributed by atoms with Gasteiger partial charge in [-0.05, 0) is 31.2 Å². The van der Waals surface area contributed by atoms with Crippen LogP contribution in [-0.2, 0) is 6.54 Å². The van der Waals surface area contributed by atoms with Gasteiger partial charge in [0.2, 0.25) is 0 Å². The highest BCUT2D eigenvalue weighted by Gasteiger charge is 2.21. The van der Waals surface area contributed by atoms with Crippen LogP contribution in [0.2, 0.25) is 0 Å². The molecule has 0 aliphatic carbocycles. The molecule has 2 heterocycles. The molecule has 6 heteroatoms. The molecule has 2 aromatic rings. The first-order valence-corrected chi connectivity index (χ1v) is 8.94. The van der Waals surface area contributed by atoms with Crippen LogP contribution in [0.1, 0.15) is 9.75 Å². The van der Waals surface area contributed by atoms with Crippen molar-refractivity contribution in [1.29, 1.82) is 0 Å². The van der Waals surface area contributed by atoms with Crippen LogP contribution < -0.4 is 15.0 Å². The van der Waals surface area contributed by atoms with E-state index in [0.29, 0.717) is 6.54 Å². The molecule has 1 N–H and O–H groups in total. The average molecular weight is 345 g/mol. The van der Waals surface area contributed by atoms with Crippen molar-refractivity contribution in [2.45, 2.75) is 13.5 Å². The third kappa shape index (κ3) is 4.00. The average Bonchev–Trinajstić information content (AvgIpc) is 3.05. The van der Waals surface area contributed by atoms with E-state index >= 15 is 0 Å². The van der Waals surface area contributed by atoms with Crippen molar-refractivity contribution in [3.63, 3.8) is 0 Å². The number of rotatable bonds is 4. The van der Waals surface area contributed by atoms with E-state index in [1.54, 1.807) is 18.4 Å². The summed E-state index contributed by atoms with van der Waals surface area (Å²) in [5.41, 5.74) is 1.14. The van der Waals surface area contributed by atoms with Gasteiger partial charge in [-0.2, -0.15) is 0 Å². The van der Waals surface area contributed by atoms with Gasteiger partial charge in [0, 0.05) is 47.7 Å². The highest BCUT2D eigenvalue weighted by atomic mass is 32.1. The van der Waals surface area contributed by atoms with Crippen LogP contribution in [0.25, 0.3) is 0 Å². The number of methoxy groups -OCH3 is 1. The lowest BCUT2D eigenvalue weighted by atomic mass is 10.2. The first-order valence-electron chi connectivity index (χ1n) is 8.13. The van der Waals surface area contributed by atoms with Crippen LogP contribution >= 0.6 is 11.3 Å². The molecule has 1 aliphatic heterocycles. The number of hydrogen-bond donors (Lipinski definition) is 1. The maximum Gasteiger partial charge on any atom is 0.317 e. The molecule has 0 atom stereocenters. The largest absolute Gasteiger partial charge is 0.497 e. The van der Waals surface area contributed by atoms with E-state index in [2.05, 4.69) is 35.3 Å². The molecular weight excluding hydrogens is 322 g/mol. The monoisotopic (exact) mass is 345 g/mol. The number of anilines is 1. The Balaban J connectivity index is 1.49. The summed E-state index contributed by atoms with van der Waals surface area (Å²) in [6.07, 6.45) is 0. The van der Waals surface area contributed by atoms with E-state index in [1.165, 1.54) is 9.75 Å². The van der Waals surface area contributed by atoms with Gasteiger partial charge in [0.25, 0.3) is 0 Å².